The summed E-state index contributed by atoms with van der Waals surface area (Å²) in [4.78, 5) is 37.7. The van der Waals surface area contributed by atoms with Crippen molar-refractivity contribution in [2.24, 2.45) is 11.8 Å². The normalized spacial score (nSPS) is 29.1. The van der Waals surface area contributed by atoms with E-state index in [1.165, 1.54) is 19.3 Å². The van der Waals surface area contributed by atoms with Crippen molar-refractivity contribution in [1.29, 1.82) is 0 Å². The minimum Gasteiger partial charge on any atom is -0.352 e. The number of imide groups is 1. The lowest BCUT2D eigenvalue weighted by atomic mass is 9.95. The highest BCUT2D eigenvalue weighted by Gasteiger charge is 2.41. The molecular weight excluding hydrogens is 280 g/mol. The number of carbonyl (C=O) groups excluding carboxylic acids is 3. The van der Waals surface area contributed by atoms with Crippen molar-refractivity contribution in [3.8, 4) is 0 Å². The first-order chi connectivity index (χ1) is 10.6. The summed E-state index contributed by atoms with van der Waals surface area (Å²) in [6, 6.07) is 6.93. The first-order valence-electron chi connectivity index (χ1n) is 7.88. The van der Waals surface area contributed by atoms with Gasteiger partial charge in [-0.3, -0.25) is 19.3 Å². The van der Waals surface area contributed by atoms with Crippen molar-refractivity contribution >= 4 is 17.7 Å². The minimum absolute atomic E-state index is 0.180. The fraction of sp³-hybridized carbons (Fsp3) is 0.471. The number of nitrogens with one attached hydrogen (secondary N) is 1. The molecule has 22 heavy (non-hydrogen) atoms. The third-order valence-corrected chi connectivity index (χ3v) is 5.26. The third-order valence-electron chi connectivity index (χ3n) is 5.26. The standard InChI is InChI=1S/C17H18N2O3/c20-15(18-14-8-10-5-6-11(14)7-10)9-19-16(21)12-3-1-2-4-13(12)17(19)22/h1-4,10-11,14H,5-9H2,(H,18,20)/t10-,11-,14+/m0/s1. The van der Waals surface area contributed by atoms with Crippen molar-refractivity contribution in [3.63, 3.8) is 0 Å². The molecule has 0 aromatic heterocycles. The summed E-state index contributed by atoms with van der Waals surface area (Å²) in [6.45, 7) is -0.180. The van der Waals surface area contributed by atoms with Crippen molar-refractivity contribution in [3.05, 3.63) is 35.4 Å². The molecule has 3 aliphatic rings. The topological polar surface area (TPSA) is 66.5 Å². The number of amides is 3. The van der Waals surface area contributed by atoms with Crippen LogP contribution in [0.2, 0.25) is 0 Å². The number of fused-ring (bicyclic) bond motifs is 3. The van der Waals surface area contributed by atoms with Gasteiger partial charge in [0.25, 0.3) is 11.8 Å². The molecule has 5 heteroatoms. The lowest BCUT2D eigenvalue weighted by molar-refractivity contribution is -0.122. The van der Waals surface area contributed by atoms with Gasteiger partial charge in [-0.15, -0.1) is 0 Å². The number of hydrogen-bond acceptors (Lipinski definition) is 3. The van der Waals surface area contributed by atoms with Crippen LogP contribution in [0.15, 0.2) is 24.3 Å². The maximum atomic E-state index is 12.2. The van der Waals surface area contributed by atoms with Crippen molar-refractivity contribution in [2.45, 2.75) is 31.7 Å². The van der Waals surface area contributed by atoms with Gasteiger partial charge in [0.15, 0.2) is 0 Å². The van der Waals surface area contributed by atoms with Crippen LogP contribution in [0.3, 0.4) is 0 Å². The Bertz CT molecular complexity index is 635. The zero-order valence-electron chi connectivity index (χ0n) is 12.2. The molecular formula is C17H18N2O3. The van der Waals surface area contributed by atoms with Gasteiger partial charge in [-0.1, -0.05) is 18.6 Å². The molecule has 1 N–H and O–H groups in total. The molecule has 2 bridgehead atoms. The third kappa shape index (κ3) is 2.03. The molecule has 4 rings (SSSR count). The van der Waals surface area contributed by atoms with E-state index in [-0.39, 0.29) is 30.3 Å². The molecule has 2 saturated carbocycles. The summed E-state index contributed by atoms with van der Waals surface area (Å²) in [6.07, 6.45) is 4.70. The lowest BCUT2D eigenvalue weighted by Gasteiger charge is -2.24. The predicted molar refractivity (Wildman–Crippen MR) is 79.2 cm³/mol. The second kappa shape index (κ2) is 4.93. The molecule has 114 valence electrons. The highest BCUT2D eigenvalue weighted by atomic mass is 16.2. The molecule has 1 aromatic carbocycles. The highest BCUT2D eigenvalue weighted by Crippen LogP contribution is 2.44. The van der Waals surface area contributed by atoms with Crippen LogP contribution in [0.4, 0.5) is 0 Å². The summed E-state index contributed by atoms with van der Waals surface area (Å²) < 4.78 is 0. The molecule has 0 radical (unpaired) electrons. The molecule has 0 unspecified atom stereocenters. The van der Waals surface area contributed by atoms with Gasteiger partial charge in [-0.2, -0.15) is 0 Å². The van der Waals surface area contributed by atoms with E-state index in [2.05, 4.69) is 5.32 Å². The average molecular weight is 298 g/mol. The van der Waals surface area contributed by atoms with Gasteiger partial charge in [0.05, 0.1) is 11.1 Å². The number of carbonyl (C=O) groups is 3. The van der Waals surface area contributed by atoms with Gasteiger partial charge in [0.2, 0.25) is 5.91 Å². The monoisotopic (exact) mass is 298 g/mol. The van der Waals surface area contributed by atoms with Gasteiger partial charge >= 0.3 is 0 Å². The van der Waals surface area contributed by atoms with Crippen LogP contribution in [0.1, 0.15) is 46.4 Å². The second-order valence-corrected chi connectivity index (χ2v) is 6.59. The van der Waals surface area contributed by atoms with Crippen LogP contribution in [0, 0.1) is 11.8 Å². The van der Waals surface area contributed by atoms with E-state index in [9.17, 15) is 14.4 Å². The first-order valence-corrected chi connectivity index (χ1v) is 7.88. The molecule has 2 fully saturated rings. The zero-order valence-corrected chi connectivity index (χ0v) is 12.2. The lowest BCUT2D eigenvalue weighted by Crippen LogP contribution is -2.45. The quantitative estimate of drug-likeness (QED) is 0.862. The number of nitrogens with zero attached hydrogens (tertiary/aromatic N) is 1. The van der Waals surface area contributed by atoms with Gasteiger partial charge in [0, 0.05) is 6.04 Å². The second-order valence-electron chi connectivity index (χ2n) is 6.59. The van der Waals surface area contributed by atoms with Crippen molar-refractivity contribution < 1.29 is 14.4 Å². The van der Waals surface area contributed by atoms with Gasteiger partial charge in [0.1, 0.15) is 6.54 Å². The van der Waals surface area contributed by atoms with Crippen LogP contribution in [-0.2, 0) is 4.79 Å². The van der Waals surface area contributed by atoms with E-state index in [4.69, 9.17) is 0 Å². The molecule has 3 atom stereocenters. The Labute approximate surface area is 128 Å². The molecule has 5 nitrogen and oxygen atoms in total. The van der Waals surface area contributed by atoms with Gasteiger partial charge in [-0.05, 0) is 43.2 Å². The Kier molecular flexibility index (Phi) is 3.03. The van der Waals surface area contributed by atoms with Gasteiger partial charge in [-0.25, -0.2) is 0 Å². The van der Waals surface area contributed by atoms with E-state index in [0.717, 1.165) is 17.2 Å². The average Bonchev–Trinajstić information content (AvgIpc) is 3.19. The Hall–Kier alpha value is -2.17. The van der Waals surface area contributed by atoms with Crippen molar-refractivity contribution in [1.82, 2.24) is 10.2 Å². The first kappa shape index (κ1) is 13.5. The van der Waals surface area contributed by atoms with Crippen LogP contribution in [0.5, 0.6) is 0 Å². The fourth-order valence-corrected chi connectivity index (χ4v) is 4.20. The summed E-state index contributed by atoms with van der Waals surface area (Å²) >= 11 is 0. The van der Waals surface area contributed by atoms with Gasteiger partial charge < -0.3 is 5.32 Å². The van der Waals surface area contributed by atoms with E-state index in [1.807, 2.05) is 0 Å². The van der Waals surface area contributed by atoms with E-state index >= 15 is 0 Å². The minimum atomic E-state index is -0.372. The smallest absolute Gasteiger partial charge is 0.262 e. The van der Waals surface area contributed by atoms with Crippen LogP contribution >= 0.6 is 0 Å². The number of rotatable bonds is 3. The van der Waals surface area contributed by atoms with Crippen LogP contribution < -0.4 is 5.32 Å². The molecule has 1 aliphatic heterocycles. The Morgan fingerprint density at radius 1 is 1.09 bits per heavy atom. The molecule has 0 spiro atoms. The summed E-state index contributed by atoms with van der Waals surface area (Å²) in [5.41, 5.74) is 0.778. The maximum Gasteiger partial charge on any atom is 0.262 e. The number of benzene rings is 1. The Balaban J connectivity index is 1.43. The molecule has 3 amide bonds. The Morgan fingerprint density at radius 2 is 1.77 bits per heavy atom. The summed E-state index contributed by atoms with van der Waals surface area (Å²) in [5, 5.41) is 3.02. The largest absolute Gasteiger partial charge is 0.352 e. The SMILES string of the molecule is O=C(CN1C(=O)c2ccccc2C1=O)N[C@@H]1C[C@H]2CC[C@H]1C2. The summed E-state index contributed by atoms with van der Waals surface area (Å²) in [7, 11) is 0. The molecule has 1 heterocycles. The number of hydrogen-bond donors (Lipinski definition) is 1. The highest BCUT2D eigenvalue weighted by molar-refractivity contribution is 6.22. The molecule has 0 saturated heterocycles. The van der Waals surface area contributed by atoms with E-state index < -0.39 is 0 Å². The maximum absolute atomic E-state index is 12.2. The Morgan fingerprint density at radius 3 is 2.32 bits per heavy atom. The van der Waals surface area contributed by atoms with E-state index in [0.29, 0.717) is 17.0 Å². The summed E-state index contributed by atoms with van der Waals surface area (Å²) in [5.74, 6) is 0.352. The molecule has 2 aliphatic carbocycles. The predicted octanol–water partition coefficient (Wildman–Crippen LogP) is 1.59. The van der Waals surface area contributed by atoms with E-state index in [1.54, 1.807) is 24.3 Å². The zero-order chi connectivity index (χ0) is 15.3. The van der Waals surface area contributed by atoms with Crippen LogP contribution in [0.25, 0.3) is 0 Å². The fourth-order valence-electron chi connectivity index (χ4n) is 4.20. The van der Waals surface area contributed by atoms with Crippen molar-refractivity contribution in [2.75, 3.05) is 6.54 Å². The molecule has 1 aromatic rings. The van der Waals surface area contributed by atoms with Crippen LogP contribution in [-0.4, -0.2) is 35.2 Å².